The predicted octanol–water partition coefficient (Wildman–Crippen LogP) is 5.03. The van der Waals surface area contributed by atoms with Gasteiger partial charge in [0.1, 0.15) is 0 Å². The van der Waals surface area contributed by atoms with Crippen LogP contribution in [0.2, 0.25) is 5.02 Å². The number of halogens is 1. The van der Waals surface area contributed by atoms with Crippen LogP contribution >= 0.6 is 23.4 Å². The summed E-state index contributed by atoms with van der Waals surface area (Å²) in [4.78, 5) is 39.9. The van der Waals surface area contributed by atoms with Crippen LogP contribution in [-0.4, -0.2) is 37.2 Å². The van der Waals surface area contributed by atoms with Crippen molar-refractivity contribution in [3.8, 4) is 11.5 Å². The minimum atomic E-state index is -0.518. The molecule has 34 heavy (non-hydrogen) atoms. The van der Waals surface area contributed by atoms with E-state index in [4.69, 9.17) is 21.1 Å². The largest absolute Gasteiger partial charge is 0.493 e. The Balaban J connectivity index is 1.40. The lowest BCUT2D eigenvalue weighted by atomic mass is 10.2. The molecule has 1 fully saturated rings. The highest BCUT2D eigenvalue weighted by Crippen LogP contribution is 2.35. The van der Waals surface area contributed by atoms with Crippen LogP contribution in [-0.2, 0) is 9.59 Å². The van der Waals surface area contributed by atoms with Crippen molar-refractivity contribution in [3.05, 3.63) is 77.3 Å². The molecular weight excluding hydrogens is 476 g/mol. The average molecular weight is 497 g/mol. The molecule has 7 nitrogen and oxygen atoms in total. The summed E-state index contributed by atoms with van der Waals surface area (Å²) in [5.41, 5.74) is 1.53. The molecule has 1 unspecified atom stereocenters. The zero-order valence-electron chi connectivity index (χ0n) is 18.4. The molecule has 1 N–H and O–H groups in total. The van der Waals surface area contributed by atoms with Gasteiger partial charge in [-0.3, -0.25) is 14.4 Å². The number of thioether (sulfide) groups is 1. The highest BCUT2D eigenvalue weighted by atomic mass is 35.5. The topological polar surface area (TPSA) is 84.9 Å². The van der Waals surface area contributed by atoms with Crippen molar-refractivity contribution in [2.24, 2.45) is 0 Å². The molecule has 3 aromatic rings. The second-order valence-corrected chi connectivity index (χ2v) is 9.12. The molecule has 1 aliphatic heterocycles. The van der Waals surface area contributed by atoms with E-state index in [-0.39, 0.29) is 24.1 Å². The number of nitrogens with zero attached hydrogens (tertiary/aromatic N) is 1. The molecule has 3 aromatic carbocycles. The van der Waals surface area contributed by atoms with Gasteiger partial charge in [-0.05, 0) is 66.7 Å². The van der Waals surface area contributed by atoms with Gasteiger partial charge in [-0.1, -0.05) is 11.6 Å². The number of anilines is 2. The fourth-order valence-corrected chi connectivity index (χ4v) is 4.70. The summed E-state index contributed by atoms with van der Waals surface area (Å²) in [7, 11) is 3.04. The Morgan fingerprint density at radius 2 is 1.65 bits per heavy atom. The maximum atomic E-state index is 12.8. The molecule has 4 rings (SSSR count). The second kappa shape index (κ2) is 10.2. The number of amides is 3. The molecule has 1 aliphatic rings. The van der Waals surface area contributed by atoms with Gasteiger partial charge in [-0.2, -0.15) is 0 Å². The molecule has 0 saturated carbocycles. The summed E-state index contributed by atoms with van der Waals surface area (Å²) >= 11 is 7.22. The molecule has 3 amide bonds. The summed E-state index contributed by atoms with van der Waals surface area (Å²) in [6.45, 7) is 0. The first-order chi connectivity index (χ1) is 16.4. The van der Waals surface area contributed by atoms with Gasteiger partial charge in [-0.25, -0.2) is 4.90 Å². The number of benzene rings is 3. The lowest BCUT2D eigenvalue weighted by molar-refractivity contribution is -0.121. The van der Waals surface area contributed by atoms with Gasteiger partial charge in [0.2, 0.25) is 11.8 Å². The summed E-state index contributed by atoms with van der Waals surface area (Å²) in [5.74, 6) is 0.198. The molecule has 1 saturated heterocycles. The van der Waals surface area contributed by atoms with Crippen LogP contribution in [0.1, 0.15) is 16.8 Å². The first-order valence-electron chi connectivity index (χ1n) is 10.3. The van der Waals surface area contributed by atoms with Crippen molar-refractivity contribution in [1.29, 1.82) is 0 Å². The summed E-state index contributed by atoms with van der Waals surface area (Å²) in [6.07, 6.45) is 0.115. The first-order valence-corrected chi connectivity index (χ1v) is 11.6. The van der Waals surface area contributed by atoms with Crippen molar-refractivity contribution in [2.45, 2.75) is 16.6 Å². The average Bonchev–Trinajstić information content (AvgIpc) is 3.12. The van der Waals surface area contributed by atoms with E-state index in [9.17, 15) is 14.4 Å². The zero-order chi connectivity index (χ0) is 24.2. The Labute approximate surface area is 206 Å². The van der Waals surface area contributed by atoms with Gasteiger partial charge < -0.3 is 14.8 Å². The van der Waals surface area contributed by atoms with Crippen LogP contribution < -0.4 is 19.7 Å². The minimum Gasteiger partial charge on any atom is -0.493 e. The number of methoxy groups -OCH3 is 2. The van der Waals surface area contributed by atoms with Crippen molar-refractivity contribution in [3.63, 3.8) is 0 Å². The molecule has 1 atom stereocenters. The highest BCUT2D eigenvalue weighted by molar-refractivity contribution is 8.00. The van der Waals surface area contributed by atoms with Gasteiger partial charge >= 0.3 is 0 Å². The fourth-order valence-electron chi connectivity index (χ4n) is 3.52. The normalized spacial score (nSPS) is 15.4. The zero-order valence-corrected chi connectivity index (χ0v) is 20.0. The smallest absolute Gasteiger partial charge is 0.255 e. The van der Waals surface area contributed by atoms with Crippen LogP contribution in [0, 0.1) is 0 Å². The van der Waals surface area contributed by atoms with Crippen molar-refractivity contribution in [2.75, 3.05) is 24.4 Å². The minimum absolute atomic E-state index is 0.115. The molecule has 0 bridgehead atoms. The van der Waals surface area contributed by atoms with Gasteiger partial charge in [0.15, 0.2) is 11.5 Å². The van der Waals surface area contributed by atoms with E-state index in [0.29, 0.717) is 33.5 Å². The number of carbonyl (C=O) groups excluding carboxylic acids is 3. The summed E-state index contributed by atoms with van der Waals surface area (Å²) in [5, 5.41) is 2.85. The number of imide groups is 1. The number of hydrogen-bond donors (Lipinski definition) is 1. The van der Waals surface area contributed by atoms with Gasteiger partial charge in [0.05, 0.1) is 25.2 Å². The third kappa shape index (κ3) is 5.03. The third-order valence-electron chi connectivity index (χ3n) is 5.23. The Kier molecular flexibility index (Phi) is 7.09. The van der Waals surface area contributed by atoms with E-state index in [1.165, 1.54) is 30.9 Å². The number of hydrogen-bond acceptors (Lipinski definition) is 6. The van der Waals surface area contributed by atoms with Gasteiger partial charge in [0, 0.05) is 27.6 Å². The molecular formula is C25H21ClN2O5S. The van der Waals surface area contributed by atoms with Crippen LogP contribution in [0.4, 0.5) is 11.4 Å². The van der Waals surface area contributed by atoms with E-state index < -0.39 is 5.25 Å². The van der Waals surface area contributed by atoms with E-state index in [1.54, 1.807) is 66.7 Å². The molecule has 0 aromatic heterocycles. The van der Waals surface area contributed by atoms with Crippen molar-refractivity contribution in [1.82, 2.24) is 0 Å². The maximum Gasteiger partial charge on any atom is 0.255 e. The van der Waals surface area contributed by atoms with Gasteiger partial charge in [-0.15, -0.1) is 11.8 Å². The number of rotatable bonds is 7. The highest BCUT2D eigenvalue weighted by Gasteiger charge is 2.40. The molecule has 0 spiro atoms. The quantitative estimate of drug-likeness (QED) is 0.461. The number of ether oxygens (including phenoxy) is 2. The Hall–Kier alpha value is -3.49. The lowest BCUT2D eigenvalue weighted by Gasteiger charge is -2.15. The van der Waals surface area contributed by atoms with Crippen LogP contribution in [0.5, 0.6) is 11.5 Å². The first kappa shape index (κ1) is 23.7. The van der Waals surface area contributed by atoms with Crippen LogP contribution in [0.15, 0.2) is 71.6 Å². The van der Waals surface area contributed by atoms with Crippen molar-refractivity contribution < 1.29 is 23.9 Å². The third-order valence-corrected chi connectivity index (χ3v) is 6.68. The maximum absolute atomic E-state index is 12.8. The number of carbonyl (C=O) groups is 3. The lowest BCUT2D eigenvalue weighted by Crippen LogP contribution is -2.31. The molecule has 0 aliphatic carbocycles. The van der Waals surface area contributed by atoms with E-state index >= 15 is 0 Å². The van der Waals surface area contributed by atoms with E-state index in [2.05, 4.69) is 5.32 Å². The molecule has 9 heteroatoms. The monoisotopic (exact) mass is 496 g/mol. The SMILES string of the molecule is COc1ccc(C(=O)Nc2ccc(SC3CC(=O)N(c4ccc(Cl)cc4)C3=O)cc2)cc1OC. The number of nitrogens with one attached hydrogen (secondary N) is 1. The van der Waals surface area contributed by atoms with Crippen molar-refractivity contribution >= 4 is 52.5 Å². The van der Waals surface area contributed by atoms with Crippen LogP contribution in [0.25, 0.3) is 0 Å². The Morgan fingerprint density at radius 1 is 0.971 bits per heavy atom. The van der Waals surface area contributed by atoms with Gasteiger partial charge in [0.25, 0.3) is 5.91 Å². The van der Waals surface area contributed by atoms with E-state index in [0.717, 1.165) is 4.90 Å². The standard InChI is InChI=1S/C25H21ClN2O5S/c1-32-20-12-3-15(13-21(20)33-2)24(30)27-17-6-10-19(11-7-17)34-22-14-23(29)28(25(22)31)18-8-4-16(26)5-9-18/h3-13,22H,14H2,1-2H3,(H,27,30). The summed E-state index contributed by atoms with van der Waals surface area (Å²) < 4.78 is 10.4. The Bertz CT molecular complexity index is 1230. The molecule has 0 radical (unpaired) electrons. The van der Waals surface area contributed by atoms with E-state index in [1.807, 2.05) is 0 Å². The second-order valence-electron chi connectivity index (χ2n) is 7.40. The van der Waals surface area contributed by atoms with Crippen LogP contribution in [0.3, 0.4) is 0 Å². The fraction of sp³-hybridized carbons (Fsp3) is 0.160. The molecule has 1 heterocycles. The summed E-state index contributed by atoms with van der Waals surface area (Å²) in [6, 6.07) is 18.6. The molecule has 174 valence electrons. The predicted molar refractivity (Wildman–Crippen MR) is 132 cm³/mol. The Morgan fingerprint density at radius 3 is 2.29 bits per heavy atom.